The molecule has 3 aliphatic rings. The maximum Gasteiger partial charge on any atom is 0.321 e. The van der Waals surface area contributed by atoms with Crippen LogP contribution in [0.1, 0.15) is 74.0 Å². The number of aromatic amines is 1. The molecular formula is C22H31N7O3. The highest BCUT2D eigenvalue weighted by Gasteiger charge is 2.46. The second kappa shape index (κ2) is 7.33. The number of carbonyl (C=O) groups excluding carboxylic acids is 2. The van der Waals surface area contributed by atoms with Crippen LogP contribution in [0, 0.1) is 0 Å². The molecule has 1 saturated carbocycles. The number of piperazine rings is 1. The van der Waals surface area contributed by atoms with Crippen LogP contribution in [0.15, 0.2) is 10.6 Å². The lowest BCUT2D eigenvalue weighted by Crippen LogP contribution is -2.60. The lowest BCUT2D eigenvalue weighted by atomic mass is 10.0. The van der Waals surface area contributed by atoms with Gasteiger partial charge in [0.1, 0.15) is 5.76 Å². The summed E-state index contributed by atoms with van der Waals surface area (Å²) in [4.78, 5) is 32.4. The Morgan fingerprint density at radius 2 is 1.97 bits per heavy atom. The molecule has 0 spiro atoms. The molecule has 2 N–H and O–H groups in total. The molecule has 1 aliphatic carbocycles. The smallest absolute Gasteiger partial charge is 0.321 e. The Morgan fingerprint density at radius 1 is 1.22 bits per heavy atom. The first-order chi connectivity index (χ1) is 15.2. The van der Waals surface area contributed by atoms with Crippen LogP contribution in [0.5, 0.6) is 0 Å². The molecule has 1 saturated heterocycles. The average Bonchev–Trinajstić information content (AvgIpc) is 3.22. The van der Waals surface area contributed by atoms with Crippen LogP contribution < -0.4 is 5.32 Å². The van der Waals surface area contributed by atoms with E-state index in [1.54, 1.807) is 6.07 Å². The van der Waals surface area contributed by atoms with E-state index in [2.05, 4.69) is 46.5 Å². The lowest BCUT2D eigenvalue weighted by Gasteiger charge is -2.45. The highest BCUT2D eigenvalue weighted by Crippen LogP contribution is 2.42. The zero-order valence-electron chi connectivity index (χ0n) is 19.3. The topological polar surface area (TPSA) is 111 Å². The van der Waals surface area contributed by atoms with Crippen molar-refractivity contribution in [3.05, 3.63) is 28.8 Å². The molecule has 2 atom stereocenters. The van der Waals surface area contributed by atoms with Crippen molar-refractivity contribution < 1.29 is 14.1 Å². The molecule has 2 aromatic rings. The third kappa shape index (κ3) is 3.37. The highest BCUT2D eigenvalue weighted by molar-refractivity contribution is 6.02. The fraction of sp³-hybridized carbons (Fsp3) is 0.636. The first-order valence-electron chi connectivity index (χ1n) is 11.3. The third-order valence-corrected chi connectivity index (χ3v) is 7.22. The number of hydrogen-bond donors (Lipinski definition) is 2. The van der Waals surface area contributed by atoms with Crippen molar-refractivity contribution in [1.29, 1.82) is 0 Å². The van der Waals surface area contributed by atoms with Crippen LogP contribution in [0.2, 0.25) is 0 Å². The molecule has 0 radical (unpaired) electrons. The molecule has 0 aromatic carbocycles. The summed E-state index contributed by atoms with van der Waals surface area (Å²) >= 11 is 0. The Hall–Kier alpha value is -2.88. The molecule has 5 rings (SSSR count). The van der Waals surface area contributed by atoms with E-state index < -0.39 is 5.54 Å². The number of aromatic nitrogens is 3. The Balaban J connectivity index is 1.33. The molecule has 4 heterocycles. The zero-order valence-corrected chi connectivity index (χ0v) is 19.3. The van der Waals surface area contributed by atoms with Gasteiger partial charge >= 0.3 is 6.03 Å². The van der Waals surface area contributed by atoms with Crippen molar-refractivity contribution in [3.63, 3.8) is 0 Å². The Bertz CT molecular complexity index is 1050. The number of nitrogens with one attached hydrogen (secondary N) is 2. The van der Waals surface area contributed by atoms with Gasteiger partial charge in [-0.1, -0.05) is 5.16 Å². The largest absolute Gasteiger partial charge is 0.360 e. The van der Waals surface area contributed by atoms with Crippen LogP contribution >= 0.6 is 0 Å². The number of likely N-dealkylation sites (N-methyl/N-ethyl adjacent to an activating group) is 1. The van der Waals surface area contributed by atoms with Gasteiger partial charge in [-0.05, 0) is 47.6 Å². The quantitative estimate of drug-likeness (QED) is 0.758. The van der Waals surface area contributed by atoms with E-state index in [1.165, 1.54) is 0 Å². The van der Waals surface area contributed by atoms with E-state index in [1.807, 2.05) is 23.6 Å². The number of carbonyl (C=O) groups is 2. The Morgan fingerprint density at radius 3 is 2.69 bits per heavy atom. The van der Waals surface area contributed by atoms with Gasteiger partial charge in [0.2, 0.25) is 0 Å². The molecule has 2 aromatic heterocycles. The summed E-state index contributed by atoms with van der Waals surface area (Å²) < 4.78 is 5.30. The van der Waals surface area contributed by atoms with Crippen LogP contribution in [-0.2, 0) is 12.1 Å². The second-order valence-electron chi connectivity index (χ2n) is 9.99. The van der Waals surface area contributed by atoms with E-state index in [0.29, 0.717) is 30.9 Å². The number of hydrogen-bond acceptors (Lipinski definition) is 6. The summed E-state index contributed by atoms with van der Waals surface area (Å²) in [5, 5.41) is 14.1. The first kappa shape index (κ1) is 21.0. The predicted molar refractivity (Wildman–Crippen MR) is 117 cm³/mol. The van der Waals surface area contributed by atoms with Crippen molar-refractivity contribution in [2.24, 2.45) is 0 Å². The minimum Gasteiger partial charge on any atom is -0.360 e. The van der Waals surface area contributed by atoms with Gasteiger partial charge in [0.05, 0.1) is 17.8 Å². The van der Waals surface area contributed by atoms with Crippen LogP contribution in [0.4, 0.5) is 10.6 Å². The second-order valence-corrected chi connectivity index (χ2v) is 9.99. The summed E-state index contributed by atoms with van der Waals surface area (Å²) in [6.07, 6.45) is 2.15. The molecule has 2 aliphatic heterocycles. The minimum absolute atomic E-state index is 0.00917. The van der Waals surface area contributed by atoms with Gasteiger partial charge in [-0.3, -0.25) is 14.8 Å². The van der Waals surface area contributed by atoms with E-state index in [0.717, 1.165) is 36.4 Å². The van der Waals surface area contributed by atoms with Crippen molar-refractivity contribution >= 4 is 17.8 Å². The summed E-state index contributed by atoms with van der Waals surface area (Å²) in [5.41, 5.74) is 1.35. The summed E-state index contributed by atoms with van der Waals surface area (Å²) in [5.74, 6) is 1.22. The van der Waals surface area contributed by atoms with E-state index in [9.17, 15) is 9.59 Å². The molecule has 2 fully saturated rings. The number of nitrogens with zero attached hydrogens (tertiary/aromatic N) is 5. The van der Waals surface area contributed by atoms with E-state index >= 15 is 0 Å². The van der Waals surface area contributed by atoms with Gasteiger partial charge in [-0.25, -0.2) is 4.79 Å². The predicted octanol–water partition coefficient (Wildman–Crippen LogP) is 2.72. The van der Waals surface area contributed by atoms with E-state index in [4.69, 9.17) is 4.52 Å². The normalized spacial score (nSPS) is 25.2. The molecular weight excluding hydrogens is 410 g/mol. The van der Waals surface area contributed by atoms with Gasteiger partial charge in [0.15, 0.2) is 11.5 Å². The molecule has 10 nitrogen and oxygen atoms in total. The summed E-state index contributed by atoms with van der Waals surface area (Å²) in [7, 11) is 2.09. The summed E-state index contributed by atoms with van der Waals surface area (Å²) in [6, 6.07) is 2.15. The van der Waals surface area contributed by atoms with Crippen molar-refractivity contribution in [2.45, 2.75) is 70.6 Å². The monoisotopic (exact) mass is 441 g/mol. The maximum absolute atomic E-state index is 13.6. The Kier molecular flexibility index (Phi) is 4.81. The fourth-order valence-corrected chi connectivity index (χ4v) is 4.78. The van der Waals surface area contributed by atoms with Crippen molar-refractivity contribution in [1.82, 2.24) is 30.1 Å². The minimum atomic E-state index is -0.568. The van der Waals surface area contributed by atoms with Crippen LogP contribution in [-0.4, -0.2) is 74.2 Å². The fourth-order valence-electron chi connectivity index (χ4n) is 4.78. The van der Waals surface area contributed by atoms with Gasteiger partial charge in [0, 0.05) is 42.7 Å². The molecule has 3 amide bonds. The first-order valence-corrected chi connectivity index (χ1v) is 11.3. The number of anilines is 1. The standard InChI is InChI=1S/C22H31N7O3/c1-12-10-28(13(2)9-27(12)5)21(31)29-11-15-18(22(29,3)4)24-25-19(15)23-20(30)16-8-17(32-26-16)14-6-7-14/h8,12-14H,6-7,9-11H2,1-5H3,(H2,23,24,25,30)/t12-,13+/m1/s1. The maximum atomic E-state index is 13.6. The average molecular weight is 442 g/mol. The molecule has 172 valence electrons. The summed E-state index contributed by atoms with van der Waals surface area (Å²) in [6.45, 7) is 10.1. The number of rotatable bonds is 3. The third-order valence-electron chi connectivity index (χ3n) is 7.22. The van der Waals surface area contributed by atoms with E-state index in [-0.39, 0.29) is 23.7 Å². The van der Waals surface area contributed by atoms with Gasteiger partial charge in [0.25, 0.3) is 5.91 Å². The molecule has 10 heteroatoms. The molecule has 0 bridgehead atoms. The van der Waals surface area contributed by atoms with Crippen LogP contribution in [0.3, 0.4) is 0 Å². The zero-order chi connectivity index (χ0) is 22.8. The lowest BCUT2D eigenvalue weighted by molar-refractivity contribution is 0.0457. The highest BCUT2D eigenvalue weighted by atomic mass is 16.5. The van der Waals surface area contributed by atoms with Gasteiger partial charge in [-0.15, -0.1) is 0 Å². The number of amides is 3. The molecule has 0 unspecified atom stereocenters. The number of H-pyrrole nitrogens is 1. The van der Waals surface area contributed by atoms with Crippen molar-refractivity contribution in [2.75, 3.05) is 25.5 Å². The number of urea groups is 1. The SMILES string of the molecule is C[C@@H]1CN(C(=O)N2Cc3c(NC(=O)c4cc(C5CC5)on4)n[nH]c3C2(C)C)[C@@H](C)CN1C. The van der Waals surface area contributed by atoms with Gasteiger partial charge < -0.3 is 19.6 Å². The molecule has 32 heavy (non-hydrogen) atoms. The van der Waals surface area contributed by atoms with Crippen LogP contribution in [0.25, 0.3) is 0 Å². The number of fused-ring (bicyclic) bond motifs is 1. The van der Waals surface area contributed by atoms with Crippen molar-refractivity contribution in [3.8, 4) is 0 Å². The Labute approximate surface area is 187 Å². The van der Waals surface area contributed by atoms with Gasteiger partial charge in [-0.2, -0.15) is 5.10 Å².